The lowest BCUT2D eigenvalue weighted by atomic mass is 9.97. The molecule has 0 spiro atoms. The highest BCUT2D eigenvalue weighted by Crippen LogP contribution is 2.29. The van der Waals surface area contributed by atoms with Crippen LogP contribution in [0.4, 0.5) is 0 Å². The van der Waals surface area contributed by atoms with Gasteiger partial charge in [0.25, 0.3) is 0 Å². The van der Waals surface area contributed by atoms with Gasteiger partial charge >= 0.3 is 0 Å². The Bertz CT molecular complexity index is 953. The van der Waals surface area contributed by atoms with Gasteiger partial charge in [0.1, 0.15) is 5.75 Å². The Morgan fingerprint density at radius 1 is 1.18 bits per heavy atom. The molecule has 1 fully saturated rings. The second kappa shape index (κ2) is 7.85. The fourth-order valence-corrected chi connectivity index (χ4v) is 6.37. The molecule has 2 aromatic rings. The Balaban J connectivity index is 1.47. The summed E-state index contributed by atoms with van der Waals surface area (Å²) in [6.45, 7) is 2.06. The highest BCUT2D eigenvalue weighted by molar-refractivity contribution is 7.89. The maximum Gasteiger partial charge on any atom is 0.243 e. The normalized spacial score (nSPS) is 20.6. The van der Waals surface area contributed by atoms with Gasteiger partial charge in [-0.15, -0.1) is 11.3 Å². The first-order chi connectivity index (χ1) is 13.5. The monoisotopic (exact) mass is 420 g/mol. The van der Waals surface area contributed by atoms with E-state index in [4.69, 9.17) is 4.74 Å². The van der Waals surface area contributed by atoms with Crippen LogP contribution in [0.25, 0.3) is 0 Å². The number of rotatable bonds is 4. The molecule has 1 aromatic heterocycles. The molecule has 0 unspecified atom stereocenters. The molecule has 0 radical (unpaired) electrons. The zero-order chi connectivity index (χ0) is 19.7. The van der Waals surface area contributed by atoms with E-state index >= 15 is 0 Å². The quantitative estimate of drug-likeness (QED) is 0.763. The minimum Gasteiger partial charge on any atom is -0.497 e. The molecule has 2 aliphatic rings. The van der Waals surface area contributed by atoms with E-state index in [1.165, 1.54) is 14.7 Å². The molecule has 1 saturated heterocycles. The van der Waals surface area contributed by atoms with E-state index in [2.05, 4.69) is 11.4 Å². The molecule has 0 N–H and O–H groups in total. The number of piperidine rings is 1. The molecular weight excluding hydrogens is 396 g/mol. The lowest BCUT2D eigenvalue weighted by molar-refractivity contribution is -0.137. The van der Waals surface area contributed by atoms with E-state index in [1.54, 1.807) is 42.7 Å². The zero-order valence-electron chi connectivity index (χ0n) is 15.8. The van der Waals surface area contributed by atoms with Crippen LogP contribution >= 0.6 is 11.3 Å². The Morgan fingerprint density at radius 3 is 2.71 bits per heavy atom. The summed E-state index contributed by atoms with van der Waals surface area (Å²) < 4.78 is 32.6. The lowest BCUT2D eigenvalue weighted by Crippen LogP contribution is -2.47. The third-order valence-corrected chi connectivity index (χ3v) is 8.45. The SMILES string of the molecule is COc1ccc(S(=O)(=O)N2CCC[C@@H](C(=O)N3CCc4sccc4C3)C2)cc1. The van der Waals surface area contributed by atoms with Crippen LogP contribution in [0.3, 0.4) is 0 Å². The molecule has 0 aliphatic carbocycles. The number of hydrogen-bond acceptors (Lipinski definition) is 5. The Labute approximate surface area is 169 Å². The summed E-state index contributed by atoms with van der Waals surface area (Å²) >= 11 is 1.74. The van der Waals surface area contributed by atoms with Gasteiger partial charge in [-0.1, -0.05) is 0 Å². The molecule has 2 aliphatic heterocycles. The summed E-state index contributed by atoms with van der Waals surface area (Å²) in [6, 6.07) is 8.49. The predicted molar refractivity (Wildman–Crippen MR) is 108 cm³/mol. The average Bonchev–Trinajstić information content (AvgIpc) is 3.21. The molecule has 8 heteroatoms. The largest absolute Gasteiger partial charge is 0.497 e. The second-order valence-electron chi connectivity index (χ2n) is 7.26. The second-order valence-corrected chi connectivity index (χ2v) is 10.2. The van der Waals surface area contributed by atoms with E-state index in [1.807, 2.05) is 4.90 Å². The maximum absolute atomic E-state index is 13.1. The fraction of sp³-hybridized carbons (Fsp3) is 0.450. The molecule has 0 saturated carbocycles. The van der Waals surface area contributed by atoms with Crippen molar-refractivity contribution < 1.29 is 17.9 Å². The van der Waals surface area contributed by atoms with Crippen molar-refractivity contribution >= 4 is 27.3 Å². The summed E-state index contributed by atoms with van der Waals surface area (Å²) in [5.41, 5.74) is 1.23. The number of carbonyl (C=O) groups is 1. The molecular formula is C20H24N2O4S2. The first-order valence-corrected chi connectivity index (χ1v) is 11.8. The third kappa shape index (κ3) is 3.68. The van der Waals surface area contributed by atoms with Crippen LogP contribution in [0.2, 0.25) is 0 Å². The number of nitrogens with zero attached hydrogens (tertiary/aromatic N) is 2. The number of thiophene rings is 1. The van der Waals surface area contributed by atoms with Gasteiger partial charge in [-0.3, -0.25) is 4.79 Å². The van der Waals surface area contributed by atoms with E-state index in [-0.39, 0.29) is 23.3 Å². The van der Waals surface area contributed by atoms with Gasteiger partial charge < -0.3 is 9.64 Å². The van der Waals surface area contributed by atoms with Crippen molar-refractivity contribution in [2.24, 2.45) is 5.92 Å². The highest BCUT2D eigenvalue weighted by atomic mass is 32.2. The molecule has 6 nitrogen and oxygen atoms in total. The van der Waals surface area contributed by atoms with Crippen LogP contribution in [0, 0.1) is 5.92 Å². The number of ether oxygens (including phenoxy) is 1. The van der Waals surface area contributed by atoms with Gasteiger partial charge in [-0.25, -0.2) is 8.42 Å². The zero-order valence-corrected chi connectivity index (χ0v) is 17.5. The van der Waals surface area contributed by atoms with Gasteiger partial charge in [-0.05, 0) is 60.5 Å². The summed E-state index contributed by atoms with van der Waals surface area (Å²) in [5, 5.41) is 2.07. The van der Waals surface area contributed by atoms with Crippen molar-refractivity contribution in [2.75, 3.05) is 26.7 Å². The van der Waals surface area contributed by atoms with Gasteiger partial charge in [0, 0.05) is 31.1 Å². The topological polar surface area (TPSA) is 66.9 Å². The van der Waals surface area contributed by atoms with Gasteiger partial charge in [0.2, 0.25) is 15.9 Å². The Morgan fingerprint density at radius 2 is 1.96 bits per heavy atom. The number of fused-ring (bicyclic) bond motifs is 1. The van der Waals surface area contributed by atoms with Gasteiger partial charge in [-0.2, -0.15) is 4.31 Å². The molecule has 1 atom stereocenters. The van der Waals surface area contributed by atoms with E-state index in [0.717, 1.165) is 12.8 Å². The number of amides is 1. The van der Waals surface area contributed by atoms with Crippen LogP contribution in [0.5, 0.6) is 5.75 Å². The van der Waals surface area contributed by atoms with Gasteiger partial charge in [0.15, 0.2) is 0 Å². The van der Waals surface area contributed by atoms with E-state index in [0.29, 0.717) is 31.8 Å². The highest BCUT2D eigenvalue weighted by Gasteiger charge is 2.35. The van der Waals surface area contributed by atoms with E-state index in [9.17, 15) is 13.2 Å². The summed E-state index contributed by atoms with van der Waals surface area (Å²) in [5.74, 6) is 0.414. The number of benzene rings is 1. The average molecular weight is 421 g/mol. The fourth-order valence-electron chi connectivity index (χ4n) is 3.95. The van der Waals surface area contributed by atoms with E-state index < -0.39 is 10.0 Å². The summed E-state index contributed by atoms with van der Waals surface area (Å²) in [6.07, 6.45) is 2.32. The standard InChI is InChI=1S/C20H24N2O4S2/c1-26-17-4-6-18(7-5-17)28(24,25)22-10-2-3-16(14-22)20(23)21-11-8-19-15(13-21)9-12-27-19/h4-7,9,12,16H,2-3,8,10-11,13-14H2,1H3/t16-/m1/s1. The molecule has 1 amide bonds. The maximum atomic E-state index is 13.1. The third-order valence-electron chi connectivity index (χ3n) is 5.55. The van der Waals surface area contributed by atoms with Crippen LogP contribution in [-0.4, -0.2) is 50.3 Å². The molecule has 4 rings (SSSR count). The molecule has 1 aromatic carbocycles. The van der Waals surface area contributed by atoms with Crippen molar-refractivity contribution in [3.63, 3.8) is 0 Å². The number of carbonyl (C=O) groups excluding carboxylic acids is 1. The number of hydrogen-bond donors (Lipinski definition) is 0. The van der Waals surface area contributed by atoms with Crippen LogP contribution < -0.4 is 4.74 Å². The van der Waals surface area contributed by atoms with Crippen molar-refractivity contribution in [3.05, 3.63) is 46.2 Å². The smallest absolute Gasteiger partial charge is 0.243 e. The van der Waals surface area contributed by atoms with Gasteiger partial charge in [0.05, 0.1) is 17.9 Å². The first-order valence-electron chi connectivity index (χ1n) is 9.47. The first kappa shape index (κ1) is 19.4. The van der Waals surface area contributed by atoms with Crippen LogP contribution in [0.15, 0.2) is 40.6 Å². The minimum atomic E-state index is -3.62. The van der Waals surface area contributed by atoms with Crippen molar-refractivity contribution in [3.8, 4) is 5.75 Å². The van der Waals surface area contributed by atoms with Crippen molar-refractivity contribution in [1.29, 1.82) is 0 Å². The van der Waals surface area contributed by atoms with Crippen molar-refractivity contribution in [2.45, 2.75) is 30.7 Å². The Hall–Kier alpha value is -1.90. The number of methoxy groups -OCH3 is 1. The predicted octanol–water partition coefficient (Wildman–Crippen LogP) is 2.74. The summed E-state index contributed by atoms with van der Waals surface area (Å²) in [7, 11) is -2.07. The van der Waals surface area contributed by atoms with Crippen LogP contribution in [-0.2, 0) is 27.8 Å². The molecule has 150 valence electrons. The number of sulfonamides is 1. The molecule has 0 bridgehead atoms. The minimum absolute atomic E-state index is 0.0754. The Kier molecular flexibility index (Phi) is 5.44. The lowest BCUT2D eigenvalue weighted by Gasteiger charge is -2.35. The van der Waals surface area contributed by atoms with Crippen molar-refractivity contribution in [1.82, 2.24) is 9.21 Å². The molecule has 28 heavy (non-hydrogen) atoms. The van der Waals surface area contributed by atoms with Crippen LogP contribution in [0.1, 0.15) is 23.3 Å². The molecule has 3 heterocycles. The summed E-state index contributed by atoms with van der Waals surface area (Å²) in [4.78, 5) is 16.6.